The number of hydrogen-bond acceptors (Lipinski definition) is 8. The number of methoxy groups -OCH3 is 1. The number of nitrogens with zero attached hydrogens (tertiary/aromatic N) is 3. The van der Waals surface area contributed by atoms with Crippen LogP contribution in [0.15, 0.2) is 31.6 Å². The normalized spacial score (nSPS) is 14.8. The molecule has 0 radical (unpaired) electrons. The summed E-state index contributed by atoms with van der Waals surface area (Å²) in [5.74, 6) is -0.0511. The van der Waals surface area contributed by atoms with Gasteiger partial charge in [-0.3, -0.25) is 9.36 Å². The zero-order valence-electron chi connectivity index (χ0n) is 23.1. The van der Waals surface area contributed by atoms with Crippen molar-refractivity contribution in [1.29, 1.82) is 0 Å². The lowest BCUT2D eigenvalue weighted by atomic mass is 10.1. The molecule has 0 saturated carbocycles. The van der Waals surface area contributed by atoms with Gasteiger partial charge in [0.15, 0.2) is 0 Å². The lowest BCUT2D eigenvalue weighted by Crippen LogP contribution is -2.53. The van der Waals surface area contributed by atoms with Gasteiger partial charge in [-0.2, -0.15) is 4.68 Å². The Kier molecular flexibility index (Phi) is 8.76. The number of ether oxygens (including phenoxy) is 4. The van der Waals surface area contributed by atoms with Crippen molar-refractivity contribution < 1.29 is 28.1 Å². The van der Waals surface area contributed by atoms with Crippen molar-refractivity contribution in [3.63, 3.8) is 0 Å². The van der Waals surface area contributed by atoms with Crippen LogP contribution in [0.3, 0.4) is 0 Å². The zero-order valence-corrected chi connectivity index (χ0v) is 25.5. The summed E-state index contributed by atoms with van der Waals surface area (Å²) in [5.41, 5.74) is -1.53. The topological polar surface area (TPSA) is 101 Å². The highest BCUT2D eigenvalue weighted by molar-refractivity contribution is 9.11. The summed E-state index contributed by atoms with van der Waals surface area (Å²) < 4.78 is 39.7. The van der Waals surface area contributed by atoms with E-state index in [0.29, 0.717) is 50.7 Å². The molecule has 1 aliphatic rings. The molecule has 0 N–H and O–H groups in total. The van der Waals surface area contributed by atoms with E-state index in [-0.39, 0.29) is 22.8 Å². The number of carbonyl (C=O) groups excluding carboxylic acids is 1. The Morgan fingerprint density at radius 1 is 1.25 bits per heavy atom. The summed E-state index contributed by atoms with van der Waals surface area (Å²) in [5, 5.41) is 1.06. The van der Waals surface area contributed by atoms with Gasteiger partial charge in [0, 0.05) is 19.9 Å². The summed E-state index contributed by atoms with van der Waals surface area (Å²) in [7, 11) is 2.73. The van der Waals surface area contributed by atoms with Crippen LogP contribution in [0.25, 0.3) is 22.2 Å². The average Bonchev–Trinajstić information content (AvgIpc) is 3.19. The predicted molar refractivity (Wildman–Crippen MR) is 155 cm³/mol. The first-order chi connectivity index (χ1) is 18.8. The maximum Gasteiger partial charge on any atom is 0.429 e. The Morgan fingerprint density at radius 3 is 2.55 bits per heavy atom. The Bertz CT molecular complexity index is 1580. The van der Waals surface area contributed by atoms with Crippen LogP contribution in [0.5, 0.6) is 5.75 Å². The first-order valence-corrected chi connectivity index (χ1v) is 14.2. The molecule has 2 aromatic heterocycles. The molecule has 1 aliphatic heterocycles. The number of aromatic nitrogens is 2. The Labute approximate surface area is 242 Å². The van der Waals surface area contributed by atoms with E-state index < -0.39 is 28.8 Å². The number of rotatable bonds is 6. The highest BCUT2D eigenvalue weighted by Crippen LogP contribution is 2.35. The van der Waals surface area contributed by atoms with E-state index in [1.54, 1.807) is 27.7 Å². The summed E-state index contributed by atoms with van der Waals surface area (Å²) in [6, 6.07) is 3.98. The molecule has 0 unspecified atom stereocenters. The minimum atomic E-state index is -0.890. The van der Waals surface area contributed by atoms with Gasteiger partial charge >= 0.3 is 11.8 Å². The standard InChI is InChI=1S/C27H31BrFN3O7S/c1-15-21-23(33)32(30(5)26(35)39-27(2,3)4)25(34)31(24(21)40-22(15)28)14-20(38-17-9-11-37-12-10-17)18-13-16(29)7-8-19(18)36-6/h7-8,13-14,17H,9-12H2,1-6H3. The van der Waals surface area contributed by atoms with E-state index in [1.165, 1.54) is 54.5 Å². The fraction of sp³-hybridized carbons (Fsp3) is 0.444. The van der Waals surface area contributed by atoms with Gasteiger partial charge in [-0.15, -0.1) is 11.3 Å². The van der Waals surface area contributed by atoms with E-state index in [1.807, 2.05) is 0 Å². The second kappa shape index (κ2) is 11.8. The SMILES string of the molecule is COc1ccc(F)cc1C(=Cn1c(=O)n(N(C)C(=O)OC(C)(C)C)c(=O)c2c(C)c(Br)sc21)OC1CCOCC1. The summed E-state index contributed by atoms with van der Waals surface area (Å²) in [6.07, 6.45) is 1.41. The van der Waals surface area contributed by atoms with Crippen LogP contribution in [0.1, 0.15) is 44.7 Å². The quantitative estimate of drug-likeness (QED) is 0.346. The molecule has 0 aliphatic carbocycles. The van der Waals surface area contributed by atoms with Crippen molar-refractivity contribution in [3.05, 3.63) is 59.8 Å². The van der Waals surface area contributed by atoms with Gasteiger partial charge in [-0.05, 0) is 67.4 Å². The predicted octanol–water partition coefficient (Wildman–Crippen LogP) is 5.10. The molecule has 4 rings (SSSR count). The van der Waals surface area contributed by atoms with E-state index in [9.17, 15) is 18.8 Å². The highest BCUT2D eigenvalue weighted by atomic mass is 79.9. The fourth-order valence-corrected chi connectivity index (χ4v) is 5.84. The lowest BCUT2D eigenvalue weighted by molar-refractivity contribution is 0.0139. The number of thiophene rings is 1. The van der Waals surface area contributed by atoms with E-state index in [2.05, 4.69) is 15.9 Å². The summed E-state index contributed by atoms with van der Waals surface area (Å²) >= 11 is 4.64. The van der Waals surface area contributed by atoms with Crippen LogP contribution >= 0.6 is 27.3 Å². The molecule has 3 heterocycles. The van der Waals surface area contributed by atoms with Gasteiger partial charge in [0.05, 0.1) is 41.3 Å². The maximum atomic E-state index is 14.5. The van der Waals surface area contributed by atoms with Gasteiger partial charge < -0.3 is 18.9 Å². The molecular weight excluding hydrogens is 609 g/mol. The molecule has 1 fully saturated rings. The molecule has 0 atom stereocenters. The van der Waals surface area contributed by atoms with Crippen LogP contribution in [0.2, 0.25) is 0 Å². The largest absolute Gasteiger partial charge is 0.496 e. The number of aryl methyl sites for hydroxylation is 1. The van der Waals surface area contributed by atoms with E-state index in [0.717, 1.165) is 5.01 Å². The number of amides is 1. The number of carbonyl (C=O) groups is 1. The third-order valence-electron chi connectivity index (χ3n) is 6.18. The lowest BCUT2D eigenvalue weighted by Gasteiger charge is -2.26. The van der Waals surface area contributed by atoms with Crippen LogP contribution in [-0.4, -0.2) is 54.4 Å². The van der Waals surface area contributed by atoms with Crippen LogP contribution in [0, 0.1) is 12.7 Å². The molecule has 1 amide bonds. The first kappa shape index (κ1) is 29.8. The fourth-order valence-electron chi connectivity index (χ4n) is 4.19. The van der Waals surface area contributed by atoms with Gasteiger partial charge in [0.25, 0.3) is 5.56 Å². The smallest absolute Gasteiger partial charge is 0.429 e. The third kappa shape index (κ3) is 6.11. The highest BCUT2D eigenvalue weighted by Gasteiger charge is 2.27. The molecule has 3 aromatic rings. The van der Waals surface area contributed by atoms with Crippen LogP contribution < -0.4 is 21.0 Å². The summed E-state index contributed by atoms with van der Waals surface area (Å²) in [4.78, 5) is 40.8. The monoisotopic (exact) mass is 639 g/mol. The number of hydrogen-bond donors (Lipinski definition) is 0. The second-order valence-electron chi connectivity index (χ2n) is 10.2. The van der Waals surface area contributed by atoms with Gasteiger partial charge in [0.1, 0.15) is 33.9 Å². The number of benzene rings is 1. The van der Waals surface area contributed by atoms with Crippen molar-refractivity contribution in [2.45, 2.75) is 52.2 Å². The molecule has 0 bridgehead atoms. The molecule has 1 aromatic carbocycles. The third-order valence-corrected chi connectivity index (χ3v) is 8.34. The van der Waals surface area contributed by atoms with Crippen molar-refractivity contribution >= 4 is 55.5 Å². The van der Waals surface area contributed by atoms with Crippen molar-refractivity contribution in [2.24, 2.45) is 0 Å². The van der Waals surface area contributed by atoms with E-state index >= 15 is 0 Å². The zero-order chi connectivity index (χ0) is 29.4. The van der Waals surface area contributed by atoms with Gasteiger partial charge in [-0.1, -0.05) is 0 Å². The molecule has 0 spiro atoms. The van der Waals surface area contributed by atoms with Crippen molar-refractivity contribution in [2.75, 3.05) is 32.4 Å². The summed E-state index contributed by atoms with van der Waals surface area (Å²) in [6.45, 7) is 7.75. The molecule has 216 valence electrons. The molecule has 1 saturated heterocycles. The Hall–Kier alpha value is -3.16. The molecular formula is C27H31BrFN3O7S. The number of fused-ring (bicyclic) bond motifs is 1. The average molecular weight is 641 g/mol. The van der Waals surface area contributed by atoms with Crippen molar-refractivity contribution in [3.8, 4) is 5.75 Å². The van der Waals surface area contributed by atoms with Gasteiger partial charge in [0.2, 0.25) is 0 Å². The minimum absolute atomic E-state index is 0.152. The molecule has 40 heavy (non-hydrogen) atoms. The Morgan fingerprint density at radius 2 is 1.93 bits per heavy atom. The van der Waals surface area contributed by atoms with Crippen molar-refractivity contribution in [1.82, 2.24) is 9.24 Å². The molecule has 13 heteroatoms. The van der Waals surface area contributed by atoms with Crippen LogP contribution in [0.4, 0.5) is 9.18 Å². The van der Waals surface area contributed by atoms with Gasteiger partial charge in [-0.25, -0.2) is 19.0 Å². The minimum Gasteiger partial charge on any atom is -0.496 e. The Balaban J connectivity index is 2.01. The molecule has 10 nitrogen and oxygen atoms in total. The van der Waals surface area contributed by atoms with E-state index in [4.69, 9.17) is 18.9 Å². The number of halogens is 2. The second-order valence-corrected chi connectivity index (χ2v) is 12.5. The first-order valence-electron chi connectivity index (χ1n) is 12.6. The van der Waals surface area contributed by atoms with Crippen LogP contribution in [-0.2, 0) is 14.2 Å². The maximum absolute atomic E-state index is 14.5.